The number of ether oxygens (including phenoxy) is 1. The van der Waals surface area contributed by atoms with E-state index in [-0.39, 0.29) is 5.82 Å². The van der Waals surface area contributed by atoms with Crippen LogP contribution in [0.25, 0.3) is 0 Å². The molecule has 0 unspecified atom stereocenters. The summed E-state index contributed by atoms with van der Waals surface area (Å²) in [6.07, 6.45) is 2.52. The Morgan fingerprint density at radius 2 is 2.06 bits per heavy atom. The van der Waals surface area contributed by atoms with E-state index in [0.717, 1.165) is 25.2 Å². The van der Waals surface area contributed by atoms with Crippen LogP contribution in [0.2, 0.25) is 0 Å². The lowest BCUT2D eigenvalue weighted by molar-refractivity contribution is 0.122. The highest BCUT2D eigenvalue weighted by Crippen LogP contribution is 2.23. The van der Waals surface area contributed by atoms with E-state index < -0.39 is 0 Å². The van der Waals surface area contributed by atoms with Crippen LogP contribution in [-0.2, 0) is 11.3 Å². The lowest BCUT2D eigenvalue weighted by Crippen LogP contribution is -2.36. The van der Waals surface area contributed by atoms with Gasteiger partial charge in [-0.25, -0.2) is 4.39 Å². The number of halogens is 1. The number of rotatable bonds is 4. The summed E-state index contributed by atoms with van der Waals surface area (Å²) in [5.41, 5.74) is 1.73. The summed E-state index contributed by atoms with van der Waals surface area (Å²) in [4.78, 5) is 2.05. The normalized spacial score (nSPS) is 20.2. The molecule has 1 N–H and O–H groups in total. The molecule has 1 heterocycles. The van der Waals surface area contributed by atoms with Gasteiger partial charge < -0.3 is 15.0 Å². The highest BCUT2D eigenvalue weighted by atomic mass is 19.1. The molecule has 98 valence electrons. The summed E-state index contributed by atoms with van der Waals surface area (Å²) in [5.74, 6) is -0.119. The van der Waals surface area contributed by atoms with E-state index in [1.54, 1.807) is 6.07 Å². The Balaban J connectivity index is 1.66. The van der Waals surface area contributed by atoms with Crippen LogP contribution >= 0.6 is 0 Å². The molecule has 2 fully saturated rings. The van der Waals surface area contributed by atoms with Crippen LogP contribution in [0.1, 0.15) is 18.4 Å². The van der Waals surface area contributed by atoms with Gasteiger partial charge in [0.05, 0.1) is 18.9 Å². The molecule has 0 spiro atoms. The van der Waals surface area contributed by atoms with E-state index in [4.69, 9.17) is 4.74 Å². The van der Waals surface area contributed by atoms with Crippen molar-refractivity contribution >= 4 is 5.69 Å². The zero-order valence-corrected chi connectivity index (χ0v) is 10.5. The maximum absolute atomic E-state index is 14.1. The third-order valence-electron chi connectivity index (χ3n) is 3.54. The van der Waals surface area contributed by atoms with Crippen molar-refractivity contribution in [2.45, 2.75) is 25.4 Å². The minimum absolute atomic E-state index is 0.119. The van der Waals surface area contributed by atoms with Crippen LogP contribution in [0.3, 0.4) is 0 Å². The second-order valence-corrected chi connectivity index (χ2v) is 5.04. The minimum Gasteiger partial charge on any atom is -0.378 e. The van der Waals surface area contributed by atoms with Gasteiger partial charge in [0.2, 0.25) is 0 Å². The predicted molar refractivity (Wildman–Crippen MR) is 69.3 cm³/mol. The molecule has 2 aliphatic rings. The lowest BCUT2D eigenvalue weighted by atomic mass is 10.1. The molecule has 3 rings (SSSR count). The molecule has 3 nitrogen and oxygen atoms in total. The van der Waals surface area contributed by atoms with Crippen molar-refractivity contribution in [1.82, 2.24) is 5.32 Å². The van der Waals surface area contributed by atoms with Gasteiger partial charge in [0.15, 0.2) is 0 Å². The Morgan fingerprint density at radius 3 is 2.72 bits per heavy atom. The molecule has 0 radical (unpaired) electrons. The van der Waals surface area contributed by atoms with Crippen LogP contribution < -0.4 is 10.2 Å². The van der Waals surface area contributed by atoms with Gasteiger partial charge in [-0.15, -0.1) is 0 Å². The van der Waals surface area contributed by atoms with Gasteiger partial charge in [0.25, 0.3) is 0 Å². The third kappa shape index (κ3) is 2.82. The summed E-state index contributed by atoms with van der Waals surface area (Å²) in [7, 11) is 0. The molecule has 1 aromatic carbocycles. The first kappa shape index (κ1) is 11.9. The van der Waals surface area contributed by atoms with E-state index in [2.05, 4.69) is 10.2 Å². The number of anilines is 1. The van der Waals surface area contributed by atoms with Crippen molar-refractivity contribution in [3.05, 3.63) is 29.6 Å². The van der Waals surface area contributed by atoms with Gasteiger partial charge in [0.1, 0.15) is 5.82 Å². The van der Waals surface area contributed by atoms with Gasteiger partial charge in [-0.05, 0) is 30.5 Å². The average Bonchev–Trinajstić information content (AvgIpc) is 3.21. The smallest absolute Gasteiger partial charge is 0.146 e. The molecule has 1 aliphatic heterocycles. The second kappa shape index (κ2) is 5.24. The monoisotopic (exact) mass is 250 g/mol. The molecular weight excluding hydrogens is 231 g/mol. The number of nitrogens with zero attached hydrogens (tertiary/aromatic N) is 1. The van der Waals surface area contributed by atoms with Crippen LogP contribution in [0.5, 0.6) is 0 Å². The van der Waals surface area contributed by atoms with Crippen LogP contribution in [-0.4, -0.2) is 32.3 Å². The molecule has 4 heteroatoms. The van der Waals surface area contributed by atoms with Crippen LogP contribution in [0.15, 0.2) is 18.2 Å². The number of hydrogen-bond acceptors (Lipinski definition) is 3. The first-order chi connectivity index (χ1) is 8.83. The third-order valence-corrected chi connectivity index (χ3v) is 3.54. The predicted octanol–water partition coefficient (Wildman–Crippen LogP) is 1.91. The highest BCUT2D eigenvalue weighted by molar-refractivity contribution is 5.49. The fourth-order valence-corrected chi connectivity index (χ4v) is 2.27. The number of benzene rings is 1. The van der Waals surface area contributed by atoms with Gasteiger partial charge in [0, 0.05) is 25.7 Å². The molecular formula is C14H19FN2O. The molecule has 0 atom stereocenters. The Labute approximate surface area is 107 Å². The van der Waals surface area contributed by atoms with Crippen molar-refractivity contribution in [2.24, 2.45) is 0 Å². The van der Waals surface area contributed by atoms with Gasteiger partial charge in [-0.2, -0.15) is 0 Å². The number of nitrogens with one attached hydrogen (secondary N) is 1. The Bertz CT molecular complexity index is 414. The molecule has 1 aromatic rings. The zero-order chi connectivity index (χ0) is 12.4. The SMILES string of the molecule is Fc1cc(CNC2CC2)ccc1N1CCOCC1. The fraction of sp³-hybridized carbons (Fsp3) is 0.571. The summed E-state index contributed by atoms with van der Waals surface area (Å²) >= 11 is 0. The van der Waals surface area contributed by atoms with E-state index >= 15 is 0 Å². The summed E-state index contributed by atoms with van der Waals surface area (Å²) in [6, 6.07) is 6.22. The molecule has 0 bridgehead atoms. The number of hydrogen-bond donors (Lipinski definition) is 1. The maximum Gasteiger partial charge on any atom is 0.146 e. The molecule has 0 aromatic heterocycles. The standard InChI is InChI=1S/C14H19FN2O/c15-13-9-11(10-16-12-2-3-12)1-4-14(13)17-5-7-18-8-6-17/h1,4,9,12,16H,2-3,5-8,10H2. The van der Waals surface area contributed by atoms with Gasteiger partial charge in [-0.1, -0.05) is 6.07 Å². The van der Waals surface area contributed by atoms with Crippen LogP contribution in [0.4, 0.5) is 10.1 Å². The quantitative estimate of drug-likeness (QED) is 0.883. The van der Waals surface area contributed by atoms with Crippen molar-refractivity contribution in [2.75, 3.05) is 31.2 Å². The summed E-state index contributed by atoms with van der Waals surface area (Å²) in [6.45, 7) is 3.69. The Morgan fingerprint density at radius 1 is 1.28 bits per heavy atom. The maximum atomic E-state index is 14.1. The van der Waals surface area contributed by atoms with E-state index in [9.17, 15) is 4.39 Å². The van der Waals surface area contributed by atoms with Gasteiger partial charge >= 0.3 is 0 Å². The molecule has 1 aliphatic carbocycles. The van der Waals surface area contributed by atoms with Crippen molar-refractivity contribution in [3.63, 3.8) is 0 Å². The van der Waals surface area contributed by atoms with E-state index in [0.29, 0.717) is 24.9 Å². The minimum atomic E-state index is -0.119. The van der Waals surface area contributed by atoms with E-state index in [1.165, 1.54) is 12.8 Å². The first-order valence-corrected chi connectivity index (χ1v) is 6.67. The molecule has 0 amide bonds. The first-order valence-electron chi connectivity index (χ1n) is 6.67. The van der Waals surface area contributed by atoms with Crippen LogP contribution in [0, 0.1) is 5.82 Å². The molecule has 1 saturated heterocycles. The molecule has 18 heavy (non-hydrogen) atoms. The lowest BCUT2D eigenvalue weighted by Gasteiger charge is -2.29. The summed E-state index contributed by atoms with van der Waals surface area (Å²) < 4.78 is 19.3. The fourth-order valence-electron chi connectivity index (χ4n) is 2.27. The number of morpholine rings is 1. The average molecular weight is 250 g/mol. The van der Waals surface area contributed by atoms with Crippen molar-refractivity contribution < 1.29 is 9.13 Å². The topological polar surface area (TPSA) is 24.5 Å². The van der Waals surface area contributed by atoms with Crippen molar-refractivity contribution in [1.29, 1.82) is 0 Å². The zero-order valence-electron chi connectivity index (χ0n) is 10.5. The summed E-state index contributed by atoms with van der Waals surface area (Å²) in [5, 5.41) is 3.40. The van der Waals surface area contributed by atoms with E-state index in [1.807, 2.05) is 12.1 Å². The van der Waals surface area contributed by atoms with Crippen molar-refractivity contribution in [3.8, 4) is 0 Å². The largest absolute Gasteiger partial charge is 0.378 e. The van der Waals surface area contributed by atoms with Gasteiger partial charge in [-0.3, -0.25) is 0 Å². The molecule has 1 saturated carbocycles. The Kier molecular flexibility index (Phi) is 3.48. The Hall–Kier alpha value is -1.13. The second-order valence-electron chi connectivity index (χ2n) is 5.04. The highest BCUT2D eigenvalue weighted by Gasteiger charge is 2.20.